The molecule has 1 amide bonds. The van der Waals surface area contributed by atoms with E-state index in [0.29, 0.717) is 23.9 Å². The first kappa shape index (κ1) is 55.5. The van der Waals surface area contributed by atoms with E-state index in [0.717, 1.165) is 38.5 Å². The molecule has 0 fully saturated rings. The first-order valence-electron chi connectivity index (χ1n) is 24.4. The van der Waals surface area contributed by atoms with Gasteiger partial charge < -0.3 is 28.8 Å². The van der Waals surface area contributed by atoms with Crippen LogP contribution in [0, 0.1) is 0 Å². The number of carbonyl (C=O) groups is 1. The quantitative estimate of drug-likeness (QED) is 0.0360. The molecule has 0 aromatic heterocycles. The van der Waals surface area contributed by atoms with Crippen LogP contribution in [0.5, 0.6) is 0 Å². The maximum atomic E-state index is 12.8. The molecule has 336 valence electrons. The Balaban J connectivity index is 3.92. The van der Waals surface area contributed by atoms with Crippen molar-refractivity contribution in [3.63, 3.8) is 0 Å². The van der Waals surface area contributed by atoms with E-state index in [2.05, 4.69) is 19.2 Å². The van der Waals surface area contributed by atoms with Gasteiger partial charge in [0.05, 0.1) is 39.9 Å². The summed E-state index contributed by atoms with van der Waals surface area (Å²) in [6, 6.07) is -0.791. The summed E-state index contributed by atoms with van der Waals surface area (Å²) in [6.45, 7) is 4.70. The Morgan fingerprint density at radius 1 is 0.554 bits per heavy atom. The van der Waals surface area contributed by atoms with Crippen molar-refractivity contribution in [1.82, 2.24) is 5.32 Å². The van der Waals surface area contributed by atoms with Crippen LogP contribution >= 0.6 is 7.82 Å². The molecule has 3 atom stereocenters. The molecule has 8 nitrogen and oxygen atoms in total. The summed E-state index contributed by atoms with van der Waals surface area (Å²) in [5.41, 5.74) is 0. The summed E-state index contributed by atoms with van der Waals surface area (Å²) in [5.74, 6) is -0.163. The Bertz CT molecular complexity index is 885. The van der Waals surface area contributed by atoms with Gasteiger partial charge >= 0.3 is 0 Å². The van der Waals surface area contributed by atoms with Gasteiger partial charge in [0.1, 0.15) is 13.2 Å². The molecular weight excluding hydrogens is 719 g/mol. The van der Waals surface area contributed by atoms with Crippen LogP contribution in [0.15, 0.2) is 0 Å². The highest BCUT2D eigenvalue weighted by Gasteiger charge is 2.24. The number of phosphoric acid groups is 1. The van der Waals surface area contributed by atoms with Crippen LogP contribution in [0.3, 0.4) is 0 Å². The van der Waals surface area contributed by atoms with Crippen molar-refractivity contribution in [3.8, 4) is 0 Å². The largest absolute Gasteiger partial charge is 0.756 e. The molecule has 0 heterocycles. The van der Waals surface area contributed by atoms with E-state index in [-0.39, 0.29) is 19.1 Å². The number of hydrogen-bond donors (Lipinski definition) is 2. The van der Waals surface area contributed by atoms with Crippen molar-refractivity contribution in [2.24, 2.45) is 0 Å². The first-order chi connectivity index (χ1) is 27.0. The van der Waals surface area contributed by atoms with Crippen LogP contribution in [-0.2, 0) is 18.4 Å². The molecule has 56 heavy (non-hydrogen) atoms. The van der Waals surface area contributed by atoms with Gasteiger partial charge in [-0.3, -0.25) is 9.36 Å². The van der Waals surface area contributed by atoms with Crippen molar-refractivity contribution in [3.05, 3.63) is 0 Å². The van der Waals surface area contributed by atoms with E-state index < -0.39 is 20.0 Å². The highest BCUT2D eigenvalue weighted by atomic mass is 31.2. The van der Waals surface area contributed by atoms with Gasteiger partial charge in [-0.05, 0) is 12.8 Å². The summed E-state index contributed by atoms with van der Waals surface area (Å²) in [4.78, 5) is 25.2. The fraction of sp³-hybridized carbons (Fsp3) is 0.979. The maximum absolute atomic E-state index is 12.8. The third kappa shape index (κ3) is 41.7. The number of aliphatic hydroxyl groups is 1. The zero-order valence-corrected chi connectivity index (χ0v) is 39.0. The molecule has 0 aromatic carbocycles. The number of rotatable bonds is 45. The number of aliphatic hydroxyl groups excluding tert-OH is 1. The molecule has 0 aliphatic heterocycles. The van der Waals surface area contributed by atoms with E-state index in [1.165, 1.54) is 180 Å². The third-order valence-corrected chi connectivity index (χ3v) is 12.3. The topological polar surface area (TPSA) is 108 Å². The number of carbonyl (C=O) groups excluding carboxylic acids is 1. The van der Waals surface area contributed by atoms with Crippen LogP contribution in [0.4, 0.5) is 0 Å². The van der Waals surface area contributed by atoms with Gasteiger partial charge in [0.15, 0.2) is 0 Å². The van der Waals surface area contributed by atoms with E-state index >= 15 is 0 Å². The molecule has 0 radical (unpaired) electrons. The van der Waals surface area contributed by atoms with Gasteiger partial charge in [0.2, 0.25) is 5.91 Å². The lowest BCUT2D eigenvalue weighted by atomic mass is 10.0. The number of likely N-dealkylation sites (N-methyl/N-ethyl adjacent to an activating group) is 1. The highest BCUT2D eigenvalue weighted by Crippen LogP contribution is 2.38. The number of nitrogens with one attached hydrogen (secondary N) is 1. The molecule has 2 N–H and O–H groups in total. The van der Waals surface area contributed by atoms with Gasteiger partial charge in [0, 0.05) is 6.42 Å². The van der Waals surface area contributed by atoms with Gasteiger partial charge in [-0.2, -0.15) is 0 Å². The van der Waals surface area contributed by atoms with Crippen molar-refractivity contribution < 1.29 is 32.9 Å². The molecular formula is C47H97N2O6P. The third-order valence-electron chi connectivity index (χ3n) is 11.3. The molecule has 0 aliphatic carbocycles. The second-order valence-corrected chi connectivity index (χ2v) is 19.6. The summed E-state index contributed by atoms with van der Waals surface area (Å²) in [5, 5.41) is 13.8. The number of phosphoric ester groups is 1. The lowest BCUT2D eigenvalue weighted by Gasteiger charge is -2.30. The fourth-order valence-electron chi connectivity index (χ4n) is 7.45. The smallest absolute Gasteiger partial charge is 0.268 e. The molecule has 9 heteroatoms. The fourth-order valence-corrected chi connectivity index (χ4v) is 8.18. The zero-order chi connectivity index (χ0) is 41.4. The number of amides is 1. The lowest BCUT2D eigenvalue weighted by molar-refractivity contribution is -0.870. The molecule has 0 aromatic rings. The van der Waals surface area contributed by atoms with E-state index in [9.17, 15) is 19.4 Å². The van der Waals surface area contributed by atoms with Crippen molar-refractivity contribution in [2.75, 3.05) is 40.9 Å². The maximum Gasteiger partial charge on any atom is 0.268 e. The van der Waals surface area contributed by atoms with Crippen LogP contribution in [0.25, 0.3) is 0 Å². The Morgan fingerprint density at radius 3 is 1.21 bits per heavy atom. The molecule has 0 saturated carbocycles. The summed E-state index contributed by atoms with van der Waals surface area (Å²) < 4.78 is 23.2. The number of nitrogens with zero attached hydrogens (tertiary/aromatic N) is 1. The van der Waals surface area contributed by atoms with E-state index in [4.69, 9.17) is 9.05 Å². The predicted molar refractivity (Wildman–Crippen MR) is 238 cm³/mol. The Kier molecular flexibility index (Phi) is 39.6. The Morgan fingerprint density at radius 2 is 0.875 bits per heavy atom. The van der Waals surface area contributed by atoms with Crippen LogP contribution in [-0.4, -0.2) is 68.5 Å². The second kappa shape index (κ2) is 39.9. The standard InChI is InChI=1S/C47H97N2O6P/c1-6-8-10-12-14-15-16-17-18-19-20-21-22-23-24-25-26-27-28-29-30-31-32-33-35-37-39-41-47(51)48-45(46(50)40-38-36-34-13-11-9-7-2)44-55-56(52,53)54-43-42-49(3,4)5/h45-46,50H,6-44H2,1-5H3,(H-,48,51,52,53). The van der Waals surface area contributed by atoms with Crippen molar-refractivity contribution in [1.29, 1.82) is 0 Å². The number of unbranched alkanes of at least 4 members (excludes halogenated alkanes) is 32. The van der Waals surface area contributed by atoms with Gasteiger partial charge in [-0.1, -0.05) is 226 Å². The molecule has 0 saturated heterocycles. The van der Waals surface area contributed by atoms with E-state index in [1.807, 2.05) is 21.1 Å². The molecule has 0 rings (SSSR count). The lowest BCUT2D eigenvalue weighted by Crippen LogP contribution is -2.46. The van der Waals surface area contributed by atoms with E-state index in [1.54, 1.807) is 0 Å². The molecule has 0 bridgehead atoms. The predicted octanol–water partition coefficient (Wildman–Crippen LogP) is 13.1. The van der Waals surface area contributed by atoms with Crippen LogP contribution in [0.2, 0.25) is 0 Å². The Labute approximate surface area is 349 Å². The summed E-state index contributed by atoms with van der Waals surface area (Å²) >= 11 is 0. The van der Waals surface area contributed by atoms with Gasteiger partial charge in [-0.25, -0.2) is 0 Å². The average Bonchev–Trinajstić information content (AvgIpc) is 3.15. The van der Waals surface area contributed by atoms with Crippen molar-refractivity contribution in [2.45, 2.75) is 257 Å². The minimum absolute atomic E-state index is 0.0154. The van der Waals surface area contributed by atoms with Crippen LogP contribution < -0.4 is 10.2 Å². The molecule has 0 spiro atoms. The van der Waals surface area contributed by atoms with Gasteiger partial charge in [-0.15, -0.1) is 0 Å². The Hall–Kier alpha value is -0.500. The average molecular weight is 817 g/mol. The van der Waals surface area contributed by atoms with Crippen molar-refractivity contribution >= 4 is 13.7 Å². The highest BCUT2D eigenvalue weighted by molar-refractivity contribution is 7.45. The molecule has 3 unspecified atom stereocenters. The monoisotopic (exact) mass is 817 g/mol. The zero-order valence-electron chi connectivity index (χ0n) is 38.1. The normalized spacial score (nSPS) is 14.2. The van der Waals surface area contributed by atoms with Crippen LogP contribution in [0.1, 0.15) is 245 Å². The first-order valence-corrected chi connectivity index (χ1v) is 25.8. The minimum Gasteiger partial charge on any atom is -0.756 e. The number of hydrogen-bond acceptors (Lipinski definition) is 6. The molecule has 0 aliphatic rings. The minimum atomic E-state index is -4.55. The second-order valence-electron chi connectivity index (χ2n) is 18.2. The summed E-state index contributed by atoms with van der Waals surface area (Å²) in [7, 11) is 1.31. The number of quaternary nitrogens is 1. The van der Waals surface area contributed by atoms with Gasteiger partial charge in [0.25, 0.3) is 7.82 Å². The summed E-state index contributed by atoms with van der Waals surface area (Å²) in [6.07, 6.45) is 44.4. The SMILES string of the molecule is CCCCCCCCCCCCCCCCCCCCCCCCCCCCCC(=O)NC(COP(=O)([O-])OCC[N+](C)(C)C)C(O)CCCCCCCCC.